The molecule has 1 N–H and O–H groups in total. The highest BCUT2D eigenvalue weighted by Gasteiger charge is 2.38. The molecule has 7 heteroatoms. The number of β-amino-alcohol motifs (C(OH)–C–C–N with tert-alkyl or cyclic N) is 1. The Labute approximate surface area is 138 Å². The van der Waals surface area contributed by atoms with Gasteiger partial charge in [-0.15, -0.1) is 0 Å². The van der Waals surface area contributed by atoms with Crippen molar-refractivity contribution in [2.45, 2.75) is 31.4 Å². The molecule has 0 aromatic carbocycles. The molecule has 1 amide bonds. The summed E-state index contributed by atoms with van der Waals surface area (Å²) in [5.41, 5.74) is 0. The molecule has 3 aliphatic rings. The lowest BCUT2D eigenvalue weighted by molar-refractivity contribution is -0.182. The molecule has 2 atom stereocenters. The second-order valence-electron chi connectivity index (χ2n) is 6.99. The van der Waals surface area contributed by atoms with Gasteiger partial charge < -0.3 is 14.9 Å². The van der Waals surface area contributed by atoms with Crippen molar-refractivity contribution in [3.8, 4) is 0 Å². The zero-order valence-electron chi connectivity index (χ0n) is 14.2. The molecule has 0 aromatic heterocycles. The Balaban J connectivity index is 1.44. The number of hydroxylamine groups is 2. The number of hydrogen-bond donors (Lipinski definition) is 1. The molecule has 23 heavy (non-hydrogen) atoms. The average molecular weight is 326 g/mol. The Morgan fingerprint density at radius 2 is 1.91 bits per heavy atom. The molecule has 0 unspecified atom stereocenters. The number of piperazine rings is 1. The number of carbonyl (C=O) groups is 1. The average Bonchev–Trinajstić information content (AvgIpc) is 2.96. The van der Waals surface area contributed by atoms with E-state index in [-0.39, 0.29) is 11.9 Å². The van der Waals surface area contributed by atoms with E-state index in [2.05, 4.69) is 16.8 Å². The normalized spacial score (nSPS) is 31.7. The largest absolute Gasteiger partial charge is 0.390 e. The van der Waals surface area contributed by atoms with Crippen molar-refractivity contribution in [3.63, 3.8) is 0 Å². The first kappa shape index (κ1) is 17.1. The number of aliphatic hydroxyl groups excluding tert-OH is 1. The van der Waals surface area contributed by atoms with Crippen LogP contribution in [-0.2, 0) is 9.63 Å². The van der Waals surface area contributed by atoms with Crippen LogP contribution in [0.2, 0.25) is 0 Å². The summed E-state index contributed by atoms with van der Waals surface area (Å²) in [6, 6.07) is 0.0962. The molecule has 0 saturated carbocycles. The molecule has 0 aliphatic carbocycles. The van der Waals surface area contributed by atoms with Gasteiger partial charge in [0.05, 0.1) is 18.8 Å². The van der Waals surface area contributed by atoms with Gasteiger partial charge in [0.15, 0.2) is 0 Å². The minimum Gasteiger partial charge on any atom is -0.390 e. The van der Waals surface area contributed by atoms with E-state index < -0.39 is 6.10 Å². The van der Waals surface area contributed by atoms with Crippen molar-refractivity contribution in [2.24, 2.45) is 0 Å². The molecule has 0 bridgehead atoms. The van der Waals surface area contributed by atoms with E-state index in [1.807, 2.05) is 9.96 Å². The van der Waals surface area contributed by atoms with Crippen LogP contribution >= 0.6 is 0 Å². The molecule has 3 saturated heterocycles. The number of rotatable bonds is 4. The van der Waals surface area contributed by atoms with Gasteiger partial charge in [-0.2, -0.15) is 5.06 Å². The molecule has 3 rings (SSSR count). The van der Waals surface area contributed by atoms with Crippen LogP contribution in [0.1, 0.15) is 19.3 Å². The summed E-state index contributed by atoms with van der Waals surface area (Å²) in [6.07, 6.45) is 2.30. The van der Waals surface area contributed by atoms with Crippen LogP contribution < -0.4 is 0 Å². The van der Waals surface area contributed by atoms with Crippen LogP contribution in [0.15, 0.2) is 0 Å². The highest BCUT2D eigenvalue weighted by atomic mass is 16.7. The Hall–Kier alpha value is -0.730. The SMILES string of the molecule is CN1CCN([C@H]2CN(C(=O)CCN3CCCCO3)C[C@@H]2O)CC1. The van der Waals surface area contributed by atoms with Gasteiger partial charge in [-0.3, -0.25) is 14.5 Å². The van der Waals surface area contributed by atoms with Crippen molar-refractivity contribution in [3.05, 3.63) is 0 Å². The van der Waals surface area contributed by atoms with E-state index >= 15 is 0 Å². The fourth-order valence-corrected chi connectivity index (χ4v) is 3.69. The second-order valence-corrected chi connectivity index (χ2v) is 6.99. The first-order valence-corrected chi connectivity index (χ1v) is 8.90. The summed E-state index contributed by atoms with van der Waals surface area (Å²) in [5, 5.41) is 12.3. The third-order valence-electron chi connectivity index (χ3n) is 5.27. The smallest absolute Gasteiger partial charge is 0.224 e. The maximum Gasteiger partial charge on any atom is 0.224 e. The molecule has 3 aliphatic heterocycles. The van der Waals surface area contributed by atoms with Crippen molar-refractivity contribution in [1.29, 1.82) is 0 Å². The molecule has 0 aromatic rings. The summed E-state index contributed by atoms with van der Waals surface area (Å²) in [5.74, 6) is 0.134. The number of aliphatic hydroxyl groups is 1. The molecule has 7 nitrogen and oxygen atoms in total. The second kappa shape index (κ2) is 7.90. The zero-order chi connectivity index (χ0) is 16.2. The lowest BCUT2D eigenvalue weighted by atomic mass is 10.1. The first-order chi connectivity index (χ1) is 11.1. The van der Waals surface area contributed by atoms with Crippen LogP contribution in [0.5, 0.6) is 0 Å². The number of amides is 1. The van der Waals surface area contributed by atoms with Crippen molar-refractivity contribution < 1.29 is 14.7 Å². The van der Waals surface area contributed by atoms with Crippen LogP contribution in [0.3, 0.4) is 0 Å². The lowest BCUT2D eigenvalue weighted by Crippen LogP contribution is -2.52. The van der Waals surface area contributed by atoms with E-state index in [1.165, 1.54) is 0 Å². The van der Waals surface area contributed by atoms with Gasteiger partial charge in [-0.1, -0.05) is 0 Å². The quantitative estimate of drug-likeness (QED) is 0.732. The Kier molecular flexibility index (Phi) is 5.87. The van der Waals surface area contributed by atoms with Crippen molar-refractivity contribution in [1.82, 2.24) is 19.8 Å². The summed E-state index contributed by atoms with van der Waals surface area (Å²) in [4.78, 5) is 24.4. The highest BCUT2D eigenvalue weighted by Crippen LogP contribution is 2.19. The van der Waals surface area contributed by atoms with Crippen molar-refractivity contribution in [2.75, 3.05) is 66.0 Å². The van der Waals surface area contributed by atoms with E-state index in [0.717, 1.165) is 52.2 Å². The summed E-state index contributed by atoms with van der Waals surface area (Å²) in [6.45, 7) is 7.48. The molecule has 3 fully saturated rings. The zero-order valence-corrected chi connectivity index (χ0v) is 14.2. The minimum absolute atomic E-state index is 0.0962. The molecular formula is C16H30N4O3. The maximum absolute atomic E-state index is 12.4. The number of carbonyl (C=O) groups excluding carboxylic acids is 1. The Bertz CT molecular complexity index is 395. The van der Waals surface area contributed by atoms with Gasteiger partial charge in [0.1, 0.15) is 0 Å². The molecular weight excluding hydrogens is 296 g/mol. The number of likely N-dealkylation sites (tertiary alicyclic amines) is 1. The predicted molar refractivity (Wildman–Crippen MR) is 86.8 cm³/mol. The van der Waals surface area contributed by atoms with Gasteiger partial charge >= 0.3 is 0 Å². The fraction of sp³-hybridized carbons (Fsp3) is 0.938. The summed E-state index contributed by atoms with van der Waals surface area (Å²) < 4.78 is 0. The number of nitrogens with zero attached hydrogens (tertiary/aromatic N) is 4. The topological polar surface area (TPSA) is 59.5 Å². The number of likely N-dealkylation sites (N-methyl/N-ethyl adjacent to an activating group) is 1. The molecule has 132 valence electrons. The third-order valence-corrected chi connectivity index (χ3v) is 5.27. The van der Waals surface area contributed by atoms with Gasteiger partial charge in [-0.05, 0) is 19.9 Å². The molecule has 0 radical (unpaired) electrons. The van der Waals surface area contributed by atoms with Crippen LogP contribution in [-0.4, -0.2) is 109 Å². The Morgan fingerprint density at radius 3 is 2.61 bits per heavy atom. The van der Waals surface area contributed by atoms with E-state index in [0.29, 0.717) is 26.1 Å². The monoisotopic (exact) mass is 326 g/mol. The van der Waals surface area contributed by atoms with Gasteiger partial charge in [-0.25, -0.2) is 0 Å². The molecule has 0 spiro atoms. The van der Waals surface area contributed by atoms with Crippen molar-refractivity contribution >= 4 is 5.91 Å². The number of hydrogen-bond acceptors (Lipinski definition) is 6. The fourth-order valence-electron chi connectivity index (χ4n) is 3.69. The van der Waals surface area contributed by atoms with E-state index in [1.54, 1.807) is 0 Å². The maximum atomic E-state index is 12.4. The molecule has 3 heterocycles. The van der Waals surface area contributed by atoms with Crippen LogP contribution in [0, 0.1) is 0 Å². The third kappa shape index (κ3) is 4.42. The van der Waals surface area contributed by atoms with Crippen LogP contribution in [0.4, 0.5) is 0 Å². The highest BCUT2D eigenvalue weighted by molar-refractivity contribution is 5.76. The Morgan fingerprint density at radius 1 is 1.13 bits per heavy atom. The van der Waals surface area contributed by atoms with Gasteiger partial charge in [0, 0.05) is 58.8 Å². The standard InChI is InChI=1S/C16H30N4O3/c1-17-7-9-18(10-8-17)14-12-19(13-15(14)21)16(22)4-6-20-5-2-3-11-23-20/h14-15,21H,2-13H2,1H3/t14-,15-/m0/s1. The summed E-state index contributed by atoms with van der Waals surface area (Å²) >= 11 is 0. The van der Waals surface area contributed by atoms with E-state index in [9.17, 15) is 9.90 Å². The van der Waals surface area contributed by atoms with Gasteiger partial charge in [0.2, 0.25) is 5.91 Å². The van der Waals surface area contributed by atoms with Crippen LogP contribution in [0.25, 0.3) is 0 Å². The predicted octanol–water partition coefficient (Wildman–Crippen LogP) is -0.777. The minimum atomic E-state index is -0.423. The van der Waals surface area contributed by atoms with E-state index in [4.69, 9.17) is 4.84 Å². The van der Waals surface area contributed by atoms with Gasteiger partial charge in [0.25, 0.3) is 0 Å². The lowest BCUT2D eigenvalue weighted by Gasteiger charge is -2.37. The first-order valence-electron chi connectivity index (χ1n) is 8.90. The summed E-state index contributed by atoms with van der Waals surface area (Å²) in [7, 11) is 2.13.